The van der Waals surface area contributed by atoms with Crippen LogP contribution >= 0.6 is 0 Å². The van der Waals surface area contributed by atoms with Crippen molar-refractivity contribution in [3.05, 3.63) is 60.7 Å². The summed E-state index contributed by atoms with van der Waals surface area (Å²) < 4.78 is 32.5. The predicted molar refractivity (Wildman–Crippen MR) is 69.6 cm³/mol. The van der Waals surface area contributed by atoms with Crippen LogP contribution in [-0.4, -0.2) is 13.7 Å². The molecule has 0 amide bonds. The van der Waals surface area contributed by atoms with Gasteiger partial charge in [-0.25, -0.2) is 4.79 Å². The van der Waals surface area contributed by atoms with Gasteiger partial charge in [0.25, 0.3) is 0 Å². The summed E-state index contributed by atoms with van der Waals surface area (Å²) in [6, 6.07) is 15.6. The average Bonchev–Trinajstić information content (AvgIpc) is 2.40. The van der Waals surface area contributed by atoms with Crippen LogP contribution in [0.4, 0.5) is 4.79 Å². The largest absolute Gasteiger partial charge is 1.00 e. The molecule has 100 valence electrons. The van der Waals surface area contributed by atoms with Gasteiger partial charge in [0.15, 0.2) is 0 Å². The van der Waals surface area contributed by atoms with E-state index in [9.17, 15) is 13.2 Å². The first kappa shape index (κ1) is 16.7. The van der Waals surface area contributed by atoms with Crippen LogP contribution in [0, 0.1) is 0 Å². The van der Waals surface area contributed by atoms with Crippen molar-refractivity contribution in [1.29, 1.82) is 0 Å². The van der Waals surface area contributed by atoms with Gasteiger partial charge in [-0.2, -0.15) is 8.42 Å². The second kappa shape index (κ2) is 7.44. The van der Waals surface area contributed by atoms with E-state index in [0.29, 0.717) is 0 Å². The van der Waals surface area contributed by atoms with Crippen molar-refractivity contribution in [2.45, 2.75) is 0 Å². The van der Waals surface area contributed by atoms with E-state index < -0.39 is 15.4 Å². The Kier molecular flexibility index (Phi) is 6.22. The second-order valence-electron chi connectivity index (χ2n) is 3.52. The molecule has 0 saturated carbocycles. The molecule has 2 aromatic rings. The summed E-state index contributed by atoms with van der Waals surface area (Å²) in [6.45, 7) is 0. The van der Waals surface area contributed by atoms with E-state index in [1.807, 2.05) is 0 Å². The first-order valence-corrected chi connectivity index (χ1v) is 6.75. The molecule has 0 aromatic heterocycles. The molecular weight excluding hydrogens is 291 g/mol. The maximum absolute atomic E-state index is 11.6. The molecule has 20 heavy (non-hydrogen) atoms. The van der Waals surface area contributed by atoms with Crippen molar-refractivity contribution in [3.63, 3.8) is 0 Å². The smallest absolute Gasteiger partial charge is 1.00 e. The molecule has 0 bridgehead atoms. The van der Waals surface area contributed by atoms with E-state index in [1.165, 1.54) is 24.3 Å². The molecule has 0 fully saturated rings. The summed E-state index contributed by atoms with van der Waals surface area (Å²) in [5.74, 6) is 0.181. The van der Waals surface area contributed by atoms with Gasteiger partial charge in [0.05, 0.1) is 0 Å². The fourth-order valence-corrected chi connectivity index (χ4v) is 1.90. The van der Waals surface area contributed by atoms with Gasteiger partial charge in [0.2, 0.25) is 0 Å². The number of hydrogen-bond acceptors (Lipinski definition) is 5. The molecular formula is C13H11NaO5S. The summed E-state index contributed by atoms with van der Waals surface area (Å²) in [6.07, 6.45) is 0. The van der Waals surface area contributed by atoms with Crippen LogP contribution < -0.4 is 38.5 Å². The summed E-state index contributed by atoms with van der Waals surface area (Å²) in [4.78, 5) is 11.5. The molecule has 0 heterocycles. The van der Waals surface area contributed by atoms with Gasteiger partial charge in [-0.3, -0.25) is 0 Å². The van der Waals surface area contributed by atoms with Gasteiger partial charge < -0.3 is 10.3 Å². The molecule has 0 aliphatic heterocycles. The normalized spacial score (nSPS) is 10.2. The number of carbonyl (C=O) groups excluding carboxylic acids is 1. The maximum atomic E-state index is 11.6. The van der Waals surface area contributed by atoms with E-state index in [4.69, 9.17) is 4.74 Å². The van der Waals surface area contributed by atoms with Gasteiger partial charge in [-0.15, -0.1) is 0 Å². The SMILES string of the molecule is O=C(Oc1ccccc1)S(=O)(=O)Oc1ccccc1.[H-].[Na+]. The minimum atomic E-state index is -4.47. The number of carbonyl (C=O) groups is 1. The van der Waals surface area contributed by atoms with E-state index in [1.54, 1.807) is 36.4 Å². The molecule has 0 aliphatic rings. The first-order chi connectivity index (χ1) is 9.08. The van der Waals surface area contributed by atoms with Gasteiger partial charge in [0, 0.05) is 0 Å². The molecule has 5 nitrogen and oxygen atoms in total. The number of rotatable bonds is 3. The number of benzene rings is 2. The molecule has 0 spiro atoms. The molecule has 2 rings (SSSR count). The van der Waals surface area contributed by atoms with Crippen molar-refractivity contribution in [3.8, 4) is 11.5 Å². The van der Waals surface area contributed by atoms with Crippen molar-refractivity contribution < 1.29 is 53.1 Å². The molecule has 7 heteroatoms. The molecule has 0 radical (unpaired) electrons. The summed E-state index contributed by atoms with van der Waals surface area (Å²) >= 11 is 0. The predicted octanol–water partition coefficient (Wildman–Crippen LogP) is -0.289. The average molecular weight is 302 g/mol. The Morgan fingerprint density at radius 2 is 1.30 bits per heavy atom. The number of ether oxygens (including phenoxy) is 1. The van der Waals surface area contributed by atoms with Gasteiger partial charge in [-0.05, 0) is 24.3 Å². The Hall–Kier alpha value is -1.34. The quantitative estimate of drug-likeness (QED) is 0.443. The summed E-state index contributed by atoms with van der Waals surface area (Å²) in [7, 11) is -4.47. The van der Waals surface area contributed by atoms with Crippen LogP contribution in [0.1, 0.15) is 1.43 Å². The van der Waals surface area contributed by atoms with E-state index >= 15 is 0 Å². The Morgan fingerprint density at radius 1 is 0.850 bits per heavy atom. The minimum absolute atomic E-state index is 0. The van der Waals surface area contributed by atoms with Crippen LogP contribution in [0.15, 0.2) is 60.7 Å². The van der Waals surface area contributed by atoms with Crippen molar-refractivity contribution in [1.82, 2.24) is 0 Å². The zero-order chi connectivity index (χ0) is 13.7. The van der Waals surface area contributed by atoms with E-state index in [2.05, 4.69) is 4.18 Å². The Balaban J connectivity index is 0.00000200. The summed E-state index contributed by atoms with van der Waals surface area (Å²) in [5.41, 5.74) is 0. The molecule has 0 aliphatic carbocycles. The maximum Gasteiger partial charge on any atom is 1.00 e. The van der Waals surface area contributed by atoms with Crippen molar-refractivity contribution in [2.75, 3.05) is 0 Å². The topological polar surface area (TPSA) is 69.7 Å². The van der Waals surface area contributed by atoms with Crippen LogP contribution in [0.25, 0.3) is 0 Å². The Bertz CT molecular complexity index is 661. The molecule has 0 unspecified atom stereocenters. The third kappa shape index (κ3) is 4.64. The van der Waals surface area contributed by atoms with E-state index in [-0.39, 0.29) is 42.5 Å². The van der Waals surface area contributed by atoms with E-state index in [0.717, 1.165) is 0 Å². The fraction of sp³-hybridized carbons (Fsp3) is 0. The van der Waals surface area contributed by atoms with Crippen LogP contribution in [-0.2, 0) is 10.1 Å². The first-order valence-electron chi connectivity index (χ1n) is 5.34. The fourth-order valence-electron chi connectivity index (χ4n) is 1.27. The Labute approximate surface area is 140 Å². The third-order valence-corrected chi connectivity index (χ3v) is 3.00. The zero-order valence-electron chi connectivity index (χ0n) is 11.7. The third-order valence-electron chi connectivity index (χ3n) is 2.10. The molecule has 2 aromatic carbocycles. The van der Waals surface area contributed by atoms with Crippen LogP contribution in [0.3, 0.4) is 0 Å². The molecule has 0 atom stereocenters. The second-order valence-corrected chi connectivity index (χ2v) is 4.92. The number of para-hydroxylation sites is 2. The van der Waals surface area contributed by atoms with Gasteiger partial charge in [0.1, 0.15) is 11.5 Å². The zero-order valence-corrected chi connectivity index (χ0v) is 13.5. The van der Waals surface area contributed by atoms with Crippen molar-refractivity contribution in [2.24, 2.45) is 0 Å². The van der Waals surface area contributed by atoms with Crippen LogP contribution in [0.5, 0.6) is 11.5 Å². The monoisotopic (exact) mass is 302 g/mol. The Morgan fingerprint density at radius 3 is 1.80 bits per heavy atom. The standard InChI is InChI=1S/C13H10O5S.Na.H/c14-13(17-11-7-3-1-4-8-11)19(15,16)18-12-9-5-2-6-10-12;;/h1-10H;;/q;+1;-1. The van der Waals surface area contributed by atoms with Gasteiger partial charge in [-0.1, -0.05) is 36.4 Å². The molecule has 0 N–H and O–H groups in total. The van der Waals surface area contributed by atoms with Gasteiger partial charge >= 0.3 is 45.0 Å². The van der Waals surface area contributed by atoms with Crippen LogP contribution in [0.2, 0.25) is 0 Å². The minimum Gasteiger partial charge on any atom is -1.00 e. The summed E-state index contributed by atoms with van der Waals surface area (Å²) in [5, 5.41) is -1.46. The number of hydrogen-bond donors (Lipinski definition) is 0. The van der Waals surface area contributed by atoms with Crippen molar-refractivity contribution >= 4 is 15.4 Å². The molecule has 0 saturated heterocycles.